The average molecular weight is 337 g/mol. The summed E-state index contributed by atoms with van der Waals surface area (Å²) in [5, 5.41) is 0.427. The molecule has 1 heterocycles. The summed E-state index contributed by atoms with van der Waals surface area (Å²) in [5.41, 5.74) is 6.23. The minimum absolute atomic E-state index is 0.243. The highest BCUT2D eigenvalue weighted by molar-refractivity contribution is 9.11. The van der Waals surface area contributed by atoms with Gasteiger partial charge in [0.05, 0.1) is 9.04 Å². The van der Waals surface area contributed by atoms with Crippen molar-refractivity contribution in [2.24, 2.45) is 5.73 Å². The predicted octanol–water partition coefficient (Wildman–Crippen LogP) is 3.58. The Labute approximate surface area is 121 Å². The maximum Gasteiger partial charge on any atom is 0.0701 e. The fourth-order valence-electron chi connectivity index (χ4n) is 1.47. The summed E-state index contributed by atoms with van der Waals surface area (Å²) in [6, 6.07) is 4.55. The van der Waals surface area contributed by atoms with Crippen LogP contribution in [0.4, 0.5) is 0 Å². The lowest BCUT2D eigenvalue weighted by atomic mass is 10.1. The standard InChI is InChI=1S/C12H21BrN2S2/c1-4-9(14)12(16-8-7-15(2)3)10-5-6-11(13)17-10/h5-6,9,12H,4,7-8,14H2,1-3H3. The van der Waals surface area contributed by atoms with Crippen molar-refractivity contribution >= 4 is 39.0 Å². The van der Waals surface area contributed by atoms with E-state index in [2.05, 4.69) is 54.0 Å². The first-order valence-electron chi connectivity index (χ1n) is 5.81. The van der Waals surface area contributed by atoms with Crippen LogP contribution in [0.1, 0.15) is 23.5 Å². The van der Waals surface area contributed by atoms with Gasteiger partial charge in [-0.15, -0.1) is 23.1 Å². The molecule has 0 fully saturated rings. The van der Waals surface area contributed by atoms with Gasteiger partial charge in [0.2, 0.25) is 0 Å². The summed E-state index contributed by atoms with van der Waals surface area (Å²) in [6.07, 6.45) is 1.02. The molecule has 2 nitrogen and oxygen atoms in total. The molecule has 0 aliphatic carbocycles. The van der Waals surface area contributed by atoms with Gasteiger partial charge in [-0.25, -0.2) is 0 Å². The first kappa shape index (κ1) is 15.5. The zero-order chi connectivity index (χ0) is 12.8. The first-order valence-corrected chi connectivity index (χ1v) is 8.47. The molecule has 1 aromatic rings. The molecule has 0 spiro atoms. The minimum Gasteiger partial charge on any atom is -0.326 e. The number of nitrogens with two attached hydrogens (primary N) is 1. The van der Waals surface area contributed by atoms with Gasteiger partial charge in [0.15, 0.2) is 0 Å². The van der Waals surface area contributed by atoms with Crippen LogP contribution < -0.4 is 5.73 Å². The smallest absolute Gasteiger partial charge is 0.0701 e. The monoisotopic (exact) mass is 336 g/mol. The Kier molecular flexibility index (Phi) is 7.11. The van der Waals surface area contributed by atoms with Crippen LogP contribution in [-0.4, -0.2) is 37.3 Å². The van der Waals surface area contributed by atoms with E-state index in [-0.39, 0.29) is 6.04 Å². The third-order valence-corrected chi connectivity index (χ3v) is 5.81. The molecule has 0 radical (unpaired) electrons. The van der Waals surface area contributed by atoms with E-state index in [4.69, 9.17) is 5.73 Å². The largest absolute Gasteiger partial charge is 0.326 e. The van der Waals surface area contributed by atoms with Crippen molar-refractivity contribution in [3.8, 4) is 0 Å². The Morgan fingerprint density at radius 2 is 2.18 bits per heavy atom. The highest BCUT2D eigenvalue weighted by Crippen LogP contribution is 2.38. The molecule has 0 saturated carbocycles. The molecule has 0 aliphatic rings. The predicted molar refractivity (Wildman–Crippen MR) is 84.0 cm³/mol. The maximum absolute atomic E-state index is 6.23. The summed E-state index contributed by atoms with van der Waals surface area (Å²) in [4.78, 5) is 3.60. The molecule has 0 saturated heterocycles. The van der Waals surface area contributed by atoms with E-state index in [0.717, 1.165) is 18.7 Å². The highest BCUT2D eigenvalue weighted by atomic mass is 79.9. The first-order chi connectivity index (χ1) is 8.04. The van der Waals surface area contributed by atoms with Gasteiger partial charge in [-0.1, -0.05) is 6.92 Å². The van der Waals surface area contributed by atoms with Gasteiger partial charge < -0.3 is 10.6 Å². The van der Waals surface area contributed by atoms with Gasteiger partial charge in [-0.2, -0.15) is 0 Å². The van der Waals surface area contributed by atoms with Crippen molar-refractivity contribution in [3.05, 3.63) is 20.8 Å². The molecule has 0 amide bonds. The quantitative estimate of drug-likeness (QED) is 0.825. The van der Waals surface area contributed by atoms with Crippen molar-refractivity contribution in [3.63, 3.8) is 0 Å². The number of halogens is 1. The second-order valence-electron chi connectivity index (χ2n) is 4.31. The Morgan fingerprint density at radius 1 is 1.47 bits per heavy atom. The summed E-state index contributed by atoms with van der Waals surface area (Å²) in [7, 11) is 4.22. The van der Waals surface area contributed by atoms with E-state index in [1.165, 1.54) is 8.66 Å². The normalized spacial score (nSPS) is 15.2. The highest BCUT2D eigenvalue weighted by Gasteiger charge is 2.20. The van der Waals surface area contributed by atoms with Crippen molar-refractivity contribution < 1.29 is 0 Å². The van der Waals surface area contributed by atoms with E-state index in [9.17, 15) is 0 Å². The van der Waals surface area contributed by atoms with Gasteiger partial charge in [0.25, 0.3) is 0 Å². The van der Waals surface area contributed by atoms with E-state index in [1.54, 1.807) is 11.3 Å². The zero-order valence-corrected chi connectivity index (χ0v) is 13.9. The van der Waals surface area contributed by atoms with Crippen LogP contribution in [0.2, 0.25) is 0 Å². The molecule has 0 aliphatic heterocycles. The number of thioether (sulfide) groups is 1. The second-order valence-corrected chi connectivity index (χ2v) is 8.05. The van der Waals surface area contributed by atoms with Gasteiger partial charge in [-0.05, 0) is 48.6 Å². The van der Waals surface area contributed by atoms with Crippen LogP contribution in [0.5, 0.6) is 0 Å². The fraction of sp³-hybridized carbons (Fsp3) is 0.667. The summed E-state index contributed by atoms with van der Waals surface area (Å²) in [6.45, 7) is 3.26. The molecule has 5 heteroatoms. The van der Waals surface area contributed by atoms with Gasteiger partial charge >= 0.3 is 0 Å². The van der Waals surface area contributed by atoms with Crippen molar-refractivity contribution in [1.29, 1.82) is 0 Å². The van der Waals surface area contributed by atoms with Crippen LogP contribution in [0.15, 0.2) is 15.9 Å². The molecule has 2 atom stereocenters. The van der Waals surface area contributed by atoms with Crippen LogP contribution in [0.3, 0.4) is 0 Å². The van der Waals surface area contributed by atoms with E-state index < -0.39 is 0 Å². The maximum atomic E-state index is 6.23. The van der Waals surface area contributed by atoms with Crippen molar-refractivity contribution in [2.45, 2.75) is 24.6 Å². The Balaban J connectivity index is 2.61. The lowest BCUT2D eigenvalue weighted by Crippen LogP contribution is -2.26. The number of thiophene rings is 1. The molecule has 0 aromatic carbocycles. The number of hydrogen-bond donors (Lipinski definition) is 1. The lowest BCUT2D eigenvalue weighted by molar-refractivity contribution is 0.437. The van der Waals surface area contributed by atoms with Crippen molar-refractivity contribution in [1.82, 2.24) is 4.90 Å². The number of hydrogen-bond acceptors (Lipinski definition) is 4. The van der Waals surface area contributed by atoms with Gasteiger partial charge in [-0.3, -0.25) is 0 Å². The lowest BCUT2D eigenvalue weighted by Gasteiger charge is -2.22. The summed E-state index contributed by atoms with van der Waals surface area (Å²) < 4.78 is 1.19. The van der Waals surface area contributed by atoms with Crippen LogP contribution in [0, 0.1) is 0 Å². The topological polar surface area (TPSA) is 29.3 Å². The fourth-order valence-corrected chi connectivity index (χ4v) is 4.71. The molecule has 1 rings (SSSR count). The van der Waals surface area contributed by atoms with Crippen LogP contribution >= 0.6 is 39.0 Å². The average Bonchev–Trinajstić information content (AvgIpc) is 2.69. The van der Waals surface area contributed by atoms with Crippen molar-refractivity contribution in [2.75, 3.05) is 26.4 Å². The molecule has 0 bridgehead atoms. The Morgan fingerprint density at radius 3 is 2.65 bits per heavy atom. The summed E-state index contributed by atoms with van der Waals surface area (Å²) >= 11 is 7.30. The Bertz CT molecular complexity index is 328. The third kappa shape index (κ3) is 5.30. The zero-order valence-electron chi connectivity index (χ0n) is 10.6. The van der Waals surface area contributed by atoms with Gasteiger partial charge in [0.1, 0.15) is 0 Å². The molecular weight excluding hydrogens is 316 g/mol. The van der Waals surface area contributed by atoms with E-state index in [1.807, 2.05) is 11.8 Å². The van der Waals surface area contributed by atoms with Crippen LogP contribution in [0.25, 0.3) is 0 Å². The minimum atomic E-state index is 0.243. The SMILES string of the molecule is CCC(N)C(SCCN(C)C)c1ccc(Br)s1. The molecular formula is C12H21BrN2S2. The molecule has 1 aromatic heterocycles. The van der Waals surface area contributed by atoms with Gasteiger partial charge in [0, 0.05) is 23.2 Å². The molecule has 98 valence electrons. The van der Waals surface area contributed by atoms with E-state index >= 15 is 0 Å². The molecule has 2 N–H and O–H groups in total. The van der Waals surface area contributed by atoms with E-state index in [0.29, 0.717) is 5.25 Å². The third-order valence-electron chi connectivity index (χ3n) is 2.57. The summed E-state index contributed by atoms with van der Waals surface area (Å²) in [5.74, 6) is 1.13. The molecule has 17 heavy (non-hydrogen) atoms. The molecule has 2 unspecified atom stereocenters. The Hall–Kier alpha value is 0.450. The second kappa shape index (κ2) is 7.79. The number of rotatable bonds is 7. The van der Waals surface area contributed by atoms with Crippen LogP contribution in [-0.2, 0) is 0 Å². The number of nitrogens with zero attached hydrogens (tertiary/aromatic N) is 1.